The molecule has 0 radical (unpaired) electrons. The summed E-state index contributed by atoms with van der Waals surface area (Å²) in [4.78, 5) is 7.77. The van der Waals surface area contributed by atoms with Gasteiger partial charge in [0.15, 0.2) is 10.8 Å². The number of rotatable bonds is 4. The first-order chi connectivity index (χ1) is 7.27. The Morgan fingerprint density at radius 3 is 3.07 bits per heavy atom. The lowest BCUT2D eigenvalue weighted by Crippen LogP contribution is -2.19. The van der Waals surface area contributed by atoms with E-state index >= 15 is 0 Å². The maximum atomic E-state index is 5.97. The molecular weight excluding hydrogens is 230 g/mol. The summed E-state index contributed by atoms with van der Waals surface area (Å²) in [5, 5.41) is 2.03. The lowest BCUT2D eigenvalue weighted by Gasteiger charge is -2.16. The average Bonchev–Trinajstić information content (AvgIpc) is 2.76. The molecule has 2 heterocycles. The molecule has 0 aliphatic heterocycles. The van der Waals surface area contributed by atoms with Gasteiger partial charge in [0.1, 0.15) is 0 Å². The molecule has 82 valence electrons. The van der Waals surface area contributed by atoms with Gasteiger partial charge in [-0.3, -0.25) is 4.40 Å². The molecule has 2 aromatic heterocycles. The molecule has 3 nitrogen and oxygen atoms in total. The van der Waals surface area contributed by atoms with Crippen LogP contribution in [0, 0.1) is 0 Å². The second-order valence-corrected chi connectivity index (χ2v) is 4.63. The van der Waals surface area contributed by atoms with Gasteiger partial charge in [-0.1, -0.05) is 6.92 Å². The highest BCUT2D eigenvalue weighted by molar-refractivity contribution is 7.15. The highest BCUT2D eigenvalue weighted by Gasteiger charge is 2.14. The fourth-order valence-electron chi connectivity index (χ4n) is 1.69. The summed E-state index contributed by atoms with van der Waals surface area (Å²) < 4.78 is 2.07. The fraction of sp³-hybridized carbons (Fsp3) is 0.500. The number of hydrogen-bond acceptors (Lipinski definition) is 3. The Balaban J connectivity index is 2.45. The molecule has 2 rings (SSSR count). The van der Waals surface area contributed by atoms with E-state index in [4.69, 9.17) is 11.6 Å². The van der Waals surface area contributed by atoms with Gasteiger partial charge < -0.3 is 4.90 Å². The van der Waals surface area contributed by atoms with Crippen molar-refractivity contribution in [1.82, 2.24) is 9.38 Å². The Hall–Kier alpha value is -0.740. The predicted molar refractivity (Wildman–Crippen MR) is 66.2 cm³/mol. The van der Waals surface area contributed by atoms with E-state index in [1.54, 1.807) is 11.3 Å². The number of anilines is 1. The molecule has 0 fully saturated rings. The van der Waals surface area contributed by atoms with E-state index in [2.05, 4.69) is 28.3 Å². The highest BCUT2D eigenvalue weighted by Crippen LogP contribution is 2.25. The van der Waals surface area contributed by atoms with Gasteiger partial charge in [-0.25, -0.2) is 4.98 Å². The van der Waals surface area contributed by atoms with Gasteiger partial charge in [0.25, 0.3) is 0 Å². The molecule has 0 N–H and O–H groups in total. The molecule has 0 aromatic carbocycles. The summed E-state index contributed by atoms with van der Waals surface area (Å²) in [5.41, 5.74) is 1.09. The first-order valence-electron chi connectivity index (χ1n) is 4.99. The van der Waals surface area contributed by atoms with Crippen LogP contribution < -0.4 is 4.90 Å². The topological polar surface area (TPSA) is 20.5 Å². The van der Waals surface area contributed by atoms with Crippen LogP contribution in [-0.4, -0.2) is 23.0 Å². The summed E-state index contributed by atoms with van der Waals surface area (Å²) in [6.07, 6.45) is 3.14. The summed E-state index contributed by atoms with van der Waals surface area (Å²) in [6, 6.07) is 0. The van der Waals surface area contributed by atoms with E-state index in [1.807, 2.05) is 11.6 Å². The Kier molecular flexibility index (Phi) is 3.17. The fourth-order valence-corrected chi connectivity index (χ4v) is 2.67. The van der Waals surface area contributed by atoms with Gasteiger partial charge in [0.05, 0.1) is 11.6 Å². The lowest BCUT2D eigenvalue weighted by molar-refractivity contribution is 0.836. The van der Waals surface area contributed by atoms with E-state index in [9.17, 15) is 0 Å². The summed E-state index contributed by atoms with van der Waals surface area (Å²) in [7, 11) is 2.06. The van der Waals surface area contributed by atoms with Crippen LogP contribution in [0.5, 0.6) is 0 Å². The Bertz CT molecular complexity index is 448. The van der Waals surface area contributed by atoms with Crippen LogP contribution in [0.3, 0.4) is 0 Å². The first-order valence-corrected chi connectivity index (χ1v) is 6.40. The molecule has 15 heavy (non-hydrogen) atoms. The Morgan fingerprint density at radius 1 is 1.60 bits per heavy atom. The summed E-state index contributed by atoms with van der Waals surface area (Å²) in [5.74, 6) is 1.51. The highest BCUT2D eigenvalue weighted by atomic mass is 35.5. The monoisotopic (exact) mass is 243 g/mol. The van der Waals surface area contributed by atoms with E-state index in [0.717, 1.165) is 29.4 Å². The minimum absolute atomic E-state index is 0.501. The maximum absolute atomic E-state index is 5.97. The van der Waals surface area contributed by atoms with Crippen molar-refractivity contribution in [2.24, 2.45) is 0 Å². The largest absolute Gasteiger partial charge is 0.358 e. The van der Waals surface area contributed by atoms with Gasteiger partial charge in [-0.2, -0.15) is 0 Å². The molecule has 0 bridgehead atoms. The smallest absolute Gasteiger partial charge is 0.195 e. The van der Waals surface area contributed by atoms with Gasteiger partial charge in [0, 0.05) is 25.2 Å². The molecule has 0 aliphatic carbocycles. The summed E-state index contributed by atoms with van der Waals surface area (Å²) in [6.45, 7) is 3.17. The number of halogens is 1. The third-order valence-corrected chi connectivity index (χ3v) is 3.40. The average molecular weight is 244 g/mol. The van der Waals surface area contributed by atoms with Crippen LogP contribution in [0.1, 0.15) is 19.0 Å². The van der Waals surface area contributed by atoms with E-state index in [0.29, 0.717) is 5.88 Å². The number of hydrogen-bond donors (Lipinski definition) is 0. The van der Waals surface area contributed by atoms with Crippen molar-refractivity contribution in [2.45, 2.75) is 19.2 Å². The van der Waals surface area contributed by atoms with Crippen molar-refractivity contribution in [3.8, 4) is 0 Å². The minimum atomic E-state index is 0.501. The number of alkyl halides is 1. The maximum Gasteiger partial charge on any atom is 0.195 e. The van der Waals surface area contributed by atoms with Gasteiger partial charge in [-0.15, -0.1) is 22.9 Å². The van der Waals surface area contributed by atoms with Crippen molar-refractivity contribution in [3.63, 3.8) is 0 Å². The number of imidazole rings is 1. The molecule has 0 atom stereocenters. The quantitative estimate of drug-likeness (QED) is 0.770. The normalized spacial score (nSPS) is 11.1. The molecule has 0 spiro atoms. The van der Waals surface area contributed by atoms with Crippen molar-refractivity contribution in [2.75, 3.05) is 18.5 Å². The molecule has 0 unspecified atom stereocenters. The van der Waals surface area contributed by atoms with Crippen LogP contribution in [0.4, 0.5) is 5.82 Å². The number of aromatic nitrogens is 2. The standard InChI is InChI=1S/C10H14ClN3S/c1-3-4-13(2)9-8(7-11)14-5-6-15-10(14)12-9/h5-6H,3-4,7H2,1-2H3. The van der Waals surface area contributed by atoms with E-state index in [-0.39, 0.29) is 0 Å². The molecular formula is C10H14ClN3S. The van der Waals surface area contributed by atoms with Gasteiger partial charge >= 0.3 is 0 Å². The molecule has 0 amide bonds. The Labute approximate surface area is 98.3 Å². The Morgan fingerprint density at radius 2 is 2.40 bits per heavy atom. The zero-order chi connectivity index (χ0) is 10.8. The van der Waals surface area contributed by atoms with Crippen molar-refractivity contribution in [3.05, 3.63) is 17.3 Å². The second kappa shape index (κ2) is 4.41. The SMILES string of the molecule is CCCN(C)c1nc2sccn2c1CCl. The molecule has 2 aromatic rings. The van der Waals surface area contributed by atoms with Gasteiger partial charge in [0.2, 0.25) is 0 Å². The minimum Gasteiger partial charge on any atom is -0.358 e. The van der Waals surface area contributed by atoms with Crippen molar-refractivity contribution >= 4 is 33.7 Å². The van der Waals surface area contributed by atoms with Crippen LogP contribution >= 0.6 is 22.9 Å². The molecule has 5 heteroatoms. The number of thiazole rings is 1. The number of nitrogens with zero attached hydrogens (tertiary/aromatic N) is 3. The van der Waals surface area contributed by atoms with E-state index in [1.165, 1.54) is 0 Å². The second-order valence-electron chi connectivity index (χ2n) is 3.49. The van der Waals surface area contributed by atoms with Crippen LogP contribution in [-0.2, 0) is 5.88 Å². The number of fused-ring (bicyclic) bond motifs is 1. The van der Waals surface area contributed by atoms with E-state index < -0.39 is 0 Å². The van der Waals surface area contributed by atoms with Crippen LogP contribution in [0.2, 0.25) is 0 Å². The molecule has 0 aliphatic rings. The first kappa shape index (κ1) is 10.8. The zero-order valence-electron chi connectivity index (χ0n) is 8.90. The molecule has 0 saturated carbocycles. The third kappa shape index (κ3) is 1.84. The third-order valence-electron chi connectivity index (χ3n) is 2.39. The van der Waals surface area contributed by atoms with Gasteiger partial charge in [-0.05, 0) is 6.42 Å². The lowest BCUT2D eigenvalue weighted by atomic mass is 10.4. The predicted octanol–water partition coefficient (Wildman–Crippen LogP) is 2.98. The van der Waals surface area contributed by atoms with Crippen LogP contribution in [0.15, 0.2) is 11.6 Å². The zero-order valence-corrected chi connectivity index (χ0v) is 10.5. The van der Waals surface area contributed by atoms with Crippen LogP contribution in [0.25, 0.3) is 4.96 Å². The van der Waals surface area contributed by atoms with Crippen molar-refractivity contribution < 1.29 is 0 Å². The van der Waals surface area contributed by atoms with Crippen molar-refractivity contribution in [1.29, 1.82) is 0 Å². The molecule has 0 saturated heterocycles. The summed E-state index contributed by atoms with van der Waals surface area (Å²) >= 11 is 7.61.